The zero-order valence-electron chi connectivity index (χ0n) is 8.14. The van der Waals surface area contributed by atoms with Crippen LogP contribution in [0.25, 0.3) is 0 Å². The Morgan fingerprint density at radius 3 is 2.75 bits per heavy atom. The monoisotopic (exact) mass is 220 g/mol. The molecule has 0 aliphatic carbocycles. The number of amides is 2. The molecule has 6 nitrogen and oxygen atoms in total. The van der Waals surface area contributed by atoms with Crippen molar-refractivity contribution in [3.63, 3.8) is 0 Å². The van der Waals surface area contributed by atoms with Crippen LogP contribution in [0.2, 0.25) is 0 Å². The second-order valence-corrected chi connectivity index (χ2v) is 3.49. The lowest BCUT2D eigenvalue weighted by atomic mass is 9.92. The van der Waals surface area contributed by atoms with Crippen molar-refractivity contribution >= 4 is 17.6 Å². The smallest absolute Gasteiger partial charge is 0.267 e. The van der Waals surface area contributed by atoms with Gasteiger partial charge in [0.1, 0.15) is 0 Å². The number of nitrogens with zero attached hydrogens (tertiary/aromatic N) is 1. The second kappa shape index (κ2) is 3.49. The highest BCUT2D eigenvalue weighted by Gasteiger charge is 2.51. The van der Waals surface area contributed by atoms with Crippen molar-refractivity contribution in [3.8, 4) is 0 Å². The van der Waals surface area contributed by atoms with Crippen molar-refractivity contribution in [1.82, 2.24) is 10.3 Å². The van der Waals surface area contributed by atoms with Crippen LogP contribution in [0.3, 0.4) is 0 Å². The summed E-state index contributed by atoms with van der Waals surface area (Å²) in [5, 5.41) is 11.7. The maximum atomic E-state index is 11.8. The van der Waals surface area contributed by atoms with Crippen LogP contribution in [-0.4, -0.2) is 33.3 Å². The molecule has 1 atom stereocenters. The van der Waals surface area contributed by atoms with E-state index in [1.54, 1.807) is 0 Å². The topological polar surface area (TPSA) is 96.4 Å². The van der Waals surface area contributed by atoms with Gasteiger partial charge in [-0.3, -0.25) is 24.7 Å². The molecule has 2 N–H and O–H groups in total. The molecular formula is C10H8N2O4. The Morgan fingerprint density at radius 1 is 1.50 bits per heavy atom. The summed E-state index contributed by atoms with van der Waals surface area (Å²) < 4.78 is 0. The molecule has 16 heavy (non-hydrogen) atoms. The molecule has 1 aliphatic rings. The standard InChI is InChI=1S/C10H8N2O4/c13-7-4-10(16,9(15)12-7)8(14)6-2-1-3-11-5-6/h1-3,5,16H,4H2,(H,12,13,15). The zero-order chi connectivity index (χ0) is 11.8. The third-order valence-corrected chi connectivity index (χ3v) is 2.34. The summed E-state index contributed by atoms with van der Waals surface area (Å²) in [6.07, 6.45) is 2.15. The Labute approximate surface area is 90.3 Å². The summed E-state index contributed by atoms with van der Waals surface area (Å²) in [5.74, 6) is -2.46. The van der Waals surface area contributed by atoms with Crippen molar-refractivity contribution in [2.75, 3.05) is 0 Å². The first-order chi connectivity index (χ1) is 7.54. The summed E-state index contributed by atoms with van der Waals surface area (Å²) in [7, 11) is 0. The number of hydrogen-bond acceptors (Lipinski definition) is 5. The molecule has 0 aromatic carbocycles. The normalized spacial score (nSPS) is 24.3. The summed E-state index contributed by atoms with van der Waals surface area (Å²) in [5.41, 5.74) is -2.20. The number of rotatable bonds is 2. The van der Waals surface area contributed by atoms with Crippen LogP contribution in [-0.2, 0) is 9.59 Å². The van der Waals surface area contributed by atoms with E-state index in [1.807, 2.05) is 5.32 Å². The first kappa shape index (κ1) is 10.4. The minimum atomic E-state index is -2.29. The van der Waals surface area contributed by atoms with Crippen molar-refractivity contribution in [2.45, 2.75) is 12.0 Å². The molecule has 0 spiro atoms. The van der Waals surface area contributed by atoms with Gasteiger partial charge in [-0.2, -0.15) is 0 Å². The fraction of sp³-hybridized carbons (Fsp3) is 0.200. The number of Topliss-reactive ketones (excluding diaryl/α,β-unsaturated/α-hetero) is 1. The van der Waals surface area contributed by atoms with Gasteiger partial charge in [-0.15, -0.1) is 0 Å². The van der Waals surface area contributed by atoms with Crippen LogP contribution in [0.4, 0.5) is 0 Å². The molecule has 6 heteroatoms. The largest absolute Gasteiger partial charge is 0.372 e. The van der Waals surface area contributed by atoms with Crippen molar-refractivity contribution in [2.24, 2.45) is 0 Å². The minimum Gasteiger partial charge on any atom is -0.372 e. The Hall–Kier alpha value is -2.08. The molecule has 1 aromatic rings. The fourth-order valence-corrected chi connectivity index (χ4v) is 1.51. The maximum absolute atomic E-state index is 11.8. The number of pyridine rings is 1. The Balaban J connectivity index is 2.36. The maximum Gasteiger partial charge on any atom is 0.267 e. The third-order valence-electron chi connectivity index (χ3n) is 2.34. The highest BCUT2D eigenvalue weighted by Crippen LogP contribution is 2.21. The first-order valence-electron chi connectivity index (χ1n) is 4.55. The van der Waals surface area contributed by atoms with Gasteiger partial charge in [-0.25, -0.2) is 0 Å². The van der Waals surface area contributed by atoms with Gasteiger partial charge < -0.3 is 5.11 Å². The molecule has 1 unspecified atom stereocenters. The lowest BCUT2D eigenvalue weighted by molar-refractivity contribution is -0.131. The predicted octanol–water partition coefficient (Wildman–Crippen LogP) is -0.958. The van der Waals surface area contributed by atoms with Gasteiger partial charge in [-0.1, -0.05) is 0 Å². The fourth-order valence-electron chi connectivity index (χ4n) is 1.51. The highest BCUT2D eigenvalue weighted by atomic mass is 16.3. The van der Waals surface area contributed by atoms with E-state index < -0.39 is 29.6 Å². The number of imide groups is 1. The lowest BCUT2D eigenvalue weighted by Gasteiger charge is -2.15. The van der Waals surface area contributed by atoms with E-state index in [0.29, 0.717) is 0 Å². The van der Waals surface area contributed by atoms with E-state index in [1.165, 1.54) is 24.5 Å². The number of hydrogen-bond donors (Lipinski definition) is 2. The van der Waals surface area contributed by atoms with Crippen LogP contribution in [0.5, 0.6) is 0 Å². The van der Waals surface area contributed by atoms with E-state index in [9.17, 15) is 19.5 Å². The number of aliphatic hydroxyl groups is 1. The van der Waals surface area contributed by atoms with Crippen molar-refractivity contribution in [3.05, 3.63) is 30.1 Å². The van der Waals surface area contributed by atoms with E-state index >= 15 is 0 Å². The molecule has 0 bridgehead atoms. The molecule has 2 rings (SSSR count). The zero-order valence-corrected chi connectivity index (χ0v) is 8.14. The summed E-state index contributed by atoms with van der Waals surface area (Å²) in [4.78, 5) is 37.8. The SMILES string of the molecule is O=C1CC(O)(C(=O)c2cccnc2)C(=O)N1. The predicted molar refractivity (Wildman–Crippen MR) is 51.3 cm³/mol. The van der Waals surface area contributed by atoms with Crippen molar-refractivity contribution in [1.29, 1.82) is 0 Å². The van der Waals surface area contributed by atoms with Gasteiger partial charge in [-0.05, 0) is 12.1 Å². The van der Waals surface area contributed by atoms with Crippen LogP contribution >= 0.6 is 0 Å². The molecule has 82 valence electrons. The van der Waals surface area contributed by atoms with Gasteiger partial charge in [0.05, 0.1) is 6.42 Å². The van der Waals surface area contributed by atoms with E-state index in [0.717, 1.165) is 0 Å². The van der Waals surface area contributed by atoms with Gasteiger partial charge in [0.2, 0.25) is 17.3 Å². The van der Waals surface area contributed by atoms with Gasteiger partial charge in [0, 0.05) is 18.0 Å². The van der Waals surface area contributed by atoms with E-state index in [-0.39, 0.29) is 5.56 Å². The quantitative estimate of drug-likeness (QED) is 0.380. The molecule has 1 aliphatic heterocycles. The molecule has 0 radical (unpaired) electrons. The lowest BCUT2D eigenvalue weighted by Crippen LogP contribution is -2.45. The first-order valence-corrected chi connectivity index (χ1v) is 4.55. The highest BCUT2D eigenvalue weighted by molar-refractivity contribution is 6.24. The molecular weight excluding hydrogens is 212 g/mol. The van der Waals surface area contributed by atoms with Crippen LogP contribution in [0.15, 0.2) is 24.5 Å². The Morgan fingerprint density at radius 2 is 2.25 bits per heavy atom. The molecule has 2 amide bonds. The van der Waals surface area contributed by atoms with E-state index in [2.05, 4.69) is 4.98 Å². The number of carbonyl (C=O) groups excluding carboxylic acids is 3. The van der Waals surface area contributed by atoms with Crippen LogP contribution in [0, 0.1) is 0 Å². The summed E-state index contributed by atoms with van der Waals surface area (Å²) >= 11 is 0. The summed E-state index contributed by atoms with van der Waals surface area (Å²) in [6, 6.07) is 2.93. The molecule has 1 saturated heterocycles. The van der Waals surface area contributed by atoms with Gasteiger partial charge in [0.15, 0.2) is 0 Å². The number of aromatic nitrogens is 1. The number of carbonyl (C=O) groups is 3. The van der Waals surface area contributed by atoms with Crippen LogP contribution in [0.1, 0.15) is 16.8 Å². The average molecular weight is 220 g/mol. The second-order valence-electron chi connectivity index (χ2n) is 3.49. The molecule has 0 saturated carbocycles. The van der Waals surface area contributed by atoms with Crippen molar-refractivity contribution < 1.29 is 19.5 Å². The Kier molecular flexibility index (Phi) is 2.28. The summed E-state index contributed by atoms with van der Waals surface area (Å²) in [6.45, 7) is 0. The van der Waals surface area contributed by atoms with Crippen LogP contribution < -0.4 is 5.32 Å². The third kappa shape index (κ3) is 1.49. The van der Waals surface area contributed by atoms with E-state index in [4.69, 9.17) is 0 Å². The molecule has 1 fully saturated rings. The Bertz CT molecular complexity index is 471. The number of ketones is 1. The molecule has 1 aromatic heterocycles. The number of nitrogens with one attached hydrogen (secondary N) is 1. The molecule has 2 heterocycles. The van der Waals surface area contributed by atoms with Gasteiger partial charge in [0.25, 0.3) is 5.91 Å². The van der Waals surface area contributed by atoms with Gasteiger partial charge >= 0.3 is 0 Å². The average Bonchev–Trinajstić information content (AvgIpc) is 2.54. The minimum absolute atomic E-state index is 0.0925.